The van der Waals surface area contributed by atoms with Crippen LogP contribution in [0, 0.1) is 6.92 Å². The third-order valence-electron chi connectivity index (χ3n) is 5.20. The Morgan fingerprint density at radius 2 is 1.65 bits per heavy atom. The lowest BCUT2D eigenvalue weighted by atomic mass is 9.75. The Kier molecular flexibility index (Phi) is 5.83. The fraction of sp³-hybridized carbons (Fsp3) is 0.684. The van der Waals surface area contributed by atoms with Crippen molar-refractivity contribution in [1.29, 1.82) is 0 Å². The molecule has 26 heavy (non-hydrogen) atoms. The molecule has 0 radical (unpaired) electrons. The maximum atomic E-state index is 12.5. The van der Waals surface area contributed by atoms with Crippen molar-refractivity contribution < 1.29 is 13.9 Å². The molecule has 1 fully saturated rings. The number of aryl methyl sites for hydroxylation is 1. The second-order valence-corrected chi connectivity index (χ2v) is 11.2. The molecule has 1 heterocycles. The number of rotatable bonds is 4. The third kappa shape index (κ3) is 4.23. The second kappa shape index (κ2) is 7.02. The summed E-state index contributed by atoms with van der Waals surface area (Å²) in [5.41, 5.74) is 9.07. The van der Waals surface area contributed by atoms with Gasteiger partial charge in [0.15, 0.2) is 0 Å². The molecule has 0 bridgehead atoms. The zero-order valence-electron chi connectivity index (χ0n) is 17.5. The molecule has 1 aromatic carbocycles. The molecule has 0 amide bonds. The van der Waals surface area contributed by atoms with E-state index in [0.717, 1.165) is 16.6 Å². The molecule has 2 atom stereocenters. The molecule has 1 unspecified atom stereocenters. The Balaban J connectivity index is 2.35. The number of nitrogen functional groups attached to an aromatic ring is 1. The summed E-state index contributed by atoms with van der Waals surface area (Å²) in [6.07, 6.45) is 0. The van der Waals surface area contributed by atoms with Gasteiger partial charge in [-0.1, -0.05) is 17.7 Å². The third-order valence-corrected chi connectivity index (χ3v) is 6.88. The average Bonchev–Trinajstić information content (AvgIpc) is 2.68. The van der Waals surface area contributed by atoms with Gasteiger partial charge in [0.25, 0.3) is 0 Å². The van der Waals surface area contributed by atoms with Crippen LogP contribution in [0.25, 0.3) is 0 Å². The zero-order chi connectivity index (χ0) is 20.1. The van der Waals surface area contributed by atoms with Gasteiger partial charge in [0, 0.05) is 22.5 Å². The monoisotopic (exact) mass is 380 g/mol. The van der Waals surface area contributed by atoms with E-state index in [1.807, 2.05) is 74.4 Å². The van der Waals surface area contributed by atoms with Crippen LogP contribution in [0.5, 0.6) is 0 Å². The molecule has 0 saturated carbocycles. The van der Waals surface area contributed by atoms with Crippen LogP contribution in [0.4, 0.5) is 5.69 Å². The molecule has 146 valence electrons. The van der Waals surface area contributed by atoms with Gasteiger partial charge in [0.05, 0.1) is 17.2 Å². The van der Waals surface area contributed by atoms with Gasteiger partial charge in [-0.2, -0.15) is 0 Å². The van der Waals surface area contributed by atoms with Crippen LogP contribution in [0.1, 0.15) is 72.6 Å². The quantitative estimate of drug-likeness (QED) is 0.477. The summed E-state index contributed by atoms with van der Waals surface area (Å²) >= 11 is -1.18. The van der Waals surface area contributed by atoms with Gasteiger partial charge in [0.1, 0.15) is 4.75 Å². The number of nitrogens with two attached hydrogens (primary N) is 1. The molecule has 1 aliphatic rings. The van der Waals surface area contributed by atoms with Crippen LogP contribution in [0.15, 0.2) is 12.1 Å². The number of benzene rings is 1. The van der Waals surface area contributed by atoms with E-state index in [2.05, 4.69) is 4.72 Å². The number of anilines is 1. The molecular formula is C19H33BN2O3S. The molecule has 0 spiro atoms. The molecule has 1 aromatic rings. The smallest absolute Gasteiger partial charge is 0.496 e. The highest BCUT2D eigenvalue weighted by Gasteiger charge is 2.52. The van der Waals surface area contributed by atoms with Crippen LogP contribution < -0.4 is 15.9 Å². The highest BCUT2D eigenvalue weighted by atomic mass is 32.2. The first-order valence-electron chi connectivity index (χ1n) is 9.09. The van der Waals surface area contributed by atoms with Gasteiger partial charge < -0.3 is 19.6 Å². The Morgan fingerprint density at radius 1 is 1.15 bits per heavy atom. The fourth-order valence-electron chi connectivity index (χ4n) is 2.78. The van der Waals surface area contributed by atoms with E-state index in [1.165, 1.54) is 0 Å². The lowest BCUT2D eigenvalue weighted by Gasteiger charge is -2.32. The zero-order valence-corrected chi connectivity index (χ0v) is 18.3. The van der Waals surface area contributed by atoms with Crippen molar-refractivity contribution in [3.8, 4) is 0 Å². The van der Waals surface area contributed by atoms with Crippen molar-refractivity contribution in [1.82, 2.24) is 4.72 Å². The summed E-state index contributed by atoms with van der Waals surface area (Å²) in [6, 6.07) is 3.88. The minimum absolute atomic E-state index is 0.156. The minimum Gasteiger partial charge on any atom is -0.598 e. The highest BCUT2D eigenvalue weighted by molar-refractivity contribution is 7.90. The van der Waals surface area contributed by atoms with Crippen LogP contribution in [0.2, 0.25) is 0 Å². The van der Waals surface area contributed by atoms with Crippen LogP contribution in [-0.4, -0.2) is 27.6 Å². The maximum Gasteiger partial charge on any atom is 0.496 e. The van der Waals surface area contributed by atoms with E-state index in [-0.39, 0.29) is 10.8 Å². The average molecular weight is 380 g/mol. The minimum atomic E-state index is -1.18. The van der Waals surface area contributed by atoms with Gasteiger partial charge >= 0.3 is 7.12 Å². The summed E-state index contributed by atoms with van der Waals surface area (Å²) in [4.78, 5) is 0. The second-order valence-electron chi connectivity index (χ2n) is 9.17. The lowest BCUT2D eigenvalue weighted by molar-refractivity contribution is 0.00578. The SMILES string of the molecule is Cc1cc(B2OC(C)(C)C(C)(C)O2)c(N)c(C(C)N[S@+]([O-])C(C)(C)C)c1. The molecule has 7 heteroatoms. The summed E-state index contributed by atoms with van der Waals surface area (Å²) in [5, 5.41) is 0. The van der Waals surface area contributed by atoms with E-state index in [1.54, 1.807) is 0 Å². The fourth-order valence-corrected chi connectivity index (χ4v) is 3.58. The Labute approximate surface area is 161 Å². The maximum absolute atomic E-state index is 12.5. The van der Waals surface area contributed by atoms with Crippen molar-refractivity contribution in [3.63, 3.8) is 0 Å². The van der Waals surface area contributed by atoms with Crippen molar-refractivity contribution in [2.24, 2.45) is 0 Å². The van der Waals surface area contributed by atoms with Crippen LogP contribution >= 0.6 is 0 Å². The summed E-state index contributed by atoms with van der Waals surface area (Å²) in [7, 11) is -0.515. The summed E-state index contributed by atoms with van der Waals surface area (Å²) in [6.45, 7) is 17.9. The van der Waals surface area contributed by atoms with Crippen LogP contribution in [-0.2, 0) is 20.7 Å². The molecule has 0 aliphatic carbocycles. The van der Waals surface area contributed by atoms with E-state index >= 15 is 0 Å². The standard InChI is InChI=1S/C19H33BN2O3S/c1-12-10-14(13(2)22-26(23)17(3,4)5)16(21)15(11-12)20-24-18(6,7)19(8,9)25-20/h10-11,13,22H,21H2,1-9H3/t13?,26-/m1/s1. The highest BCUT2D eigenvalue weighted by Crippen LogP contribution is 2.37. The molecule has 5 nitrogen and oxygen atoms in total. The lowest BCUT2D eigenvalue weighted by Crippen LogP contribution is -2.42. The number of hydrogen-bond donors (Lipinski definition) is 2. The summed E-state index contributed by atoms with van der Waals surface area (Å²) in [5.74, 6) is 0. The Hall–Kier alpha value is -0.725. The van der Waals surface area contributed by atoms with Gasteiger partial charge in [-0.15, -0.1) is 4.72 Å². The topological polar surface area (TPSA) is 79.6 Å². The van der Waals surface area contributed by atoms with Gasteiger partial charge in [-0.05, 0) is 67.9 Å². The molecule has 1 saturated heterocycles. The van der Waals surface area contributed by atoms with Crippen LogP contribution in [0.3, 0.4) is 0 Å². The molecular weight excluding hydrogens is 347 g/mol. The van der Waals surface area contributed by atoms with E-state index in [4.69, 9.17) is 15.0 Å². The molecule has 3 N–H and O–H groups in total. The number of nitrogens with one attached hydrogen (secondary N) is 1. The first kappa shape index (κ1) is 21.6. The van der Waals surface area contributed by atoms with E-state index in [0.29, 0.717) is 5.69 Å². The van der Waals surface area contributed by atoms with Gasteiger partial charge in [0.2, 0.25) is 0 Å². The largest absolute Gasteiger partial charge is 0.598 e. The first-order chi connectivity index (χ1) is 11.7. The Bertz CT molecular complexity index is 657. The molecule has 0 aromatic heterocycles. The predicted molar refractivity (Wildman–Crippen MR) is 111 cm³/mol. The van der Waals surface area contributed by atoms with Gasteiger partial charge in [-0.25, -0.2) is 0 Å². The van der Waals surface area contributed by atoms with Crippen molar-refractivity contribution >= 4 is 29.6 Å². The normalized spacial score (nSPS) is 21.7. The van der Waals surface area contributed by atoms with Crippen molar-refractivity contribution in [3.05, 3.63) is 23.3 Å². The van der Waals surface area contributed by atoms with E-state index in [9.17, 15) is 4.55 Å². The first-order valence-corrected chi connectivity index (χ1v) is 10.2. The molecule has 1 aliphatic heterocycles. The van der Waals surface area contributed by atoms with Gasteiger partial charge in [-0.3, -0.25) is 0 Å². The van der Waals surface area contributed by atoms with Crippen molar-refractivity contribution in [2.75, 3.05) is 5.73 Å². The number of hydrogen-bond acceptors (Lipinski definition) is 5. The van der Waals surface area contributed by atoms with Crippen molar-refractivity contribution in [2.45, 2.75) is 84.3 Å². The predicted octanol–water partition coefficient (Wildman–Crippen LogP) is 2.99. The Morgan fingerprint density at radius 3 is 2.12 bits per heavy atom. The van der Waals surface area contributed by atoms with E-state index < -0.39 is 29.7 Å². The molecule has 2 rings (SSSR count). The summed E-state index contributed by atoms with van der Waals surface area (Å²) < 4.78 is 27.6.